The van der Waals surface area contributed by atoms with Gasteiger partial charge in [-0.2, -0.15) is 22.8 Å². The molecule has 0 saturated carbocycles. The largest absolute Gasteiger partial charge is 0.416 e. The van der Waals surface area contributed by atoms with Crippen LogP contribution in [0.2, 0.25) is 10.0 Å². The maximum atomic E-state index is 13.3. The third-order valence-electron chi connectivity index (χ3n) is 5.93. The third kappa shape index (κ3) is 4.38. The molecule has 0 fully saturated rings. The first-order chi connectivity index (χ1) is 17.1. The average molecular weight is 529 g/mol. The van der Waals surface area contributed by atoms with Gasteiger partial charge in [-0.25, -0.2) is 9.48 Å². The number of aromatic nitrogens is 4. The van der Waals surface area contributed by atoms with E-state index in [0.29, 0.717) is 26.7 Å². The van der Waals surface area contributed by atoms with E-state index < -0.39 is 23.5 Å². The predicted molar refractivity (Wildman–Crippen MR) is 133 cm³/mol. The molecule has 0 saturated heterocycles. The van der Waals surface area contributed by atoms with Crippen molar-refractivity contribution in [2.45, 2.75) is 19.1 Å². The van der Waals surface area contributed by atoms with E-state index in [4.69, 9.17) is 23.2 Å². The van der Waals surface area contributed by atoms with E-state index in [1.54, 1.807) is 49.5 Å². The summed E-state index contributed by atoms with van der Waals surface area (Å²) in [6, 6.07) is 18.3. The van der Waals surface area contributed by atoms with Gasteiger partial charge in [-0.3, -0.25) is 0 Å². The molecule has 0 radical (unpaired) electrons. The van der Waals surface area contributed by atoms with Gasteiger partial charge < -0.3 is 0 Å². The number of benzene rings is 3. The Morgan fingerprint density at radius 2 is 1.50 bits per heavy atom. The zero-order valence-electron chi connectivity index (χ0n) is 18.7. The summed E-state index contributed by atoms with van der Waals surface area (Å²) in [5.74, 6) is 0. The Morgan fingerprint density at radius 1 is 0.889 bits per heavy atom. The van der Waals surface area contributed by atoms with Crippen LogP contribution in [0.3, 0.4) is 0 Å². The second kappa shape index (κ2) is 9.11. The Kier molecular flexibility index (Phi) is 6.10. The molecule has 182 valence electrons. The molecule has 3 aromatic carbocycles. The highest BCUT2D eigenvalue weighted by atomic mass is 35.5. The molecule has 0 aliphatic carbocycles. The number of rotatable bonds is 4. The molecule has 36 heavy (non-hydrogen) atoms. The van der Waals surface area contributed by atoms with Gasteiger partial charge in [0.2, 0.25) is 0 Å². The zero-order valence-corrected chi connectivity index (χ0v) is 20.2. The second-order valence-electron chi connectivity index (χ2n) is 8.21. The number of nitrogens with zero attached hydrogens (tertiary/aromatic N) is 4. The monoisotopic (exact) mass is 528 g/mol. The van der Waals surface area contributed by atoms with Gasteiger partial charge in [0.05, 0.1) is 17.8 Å². The quantitative estimate of drug-likeness (QED) is 0.248. The van der Waals surface area contributed by atoms with Crippen molar-refractivity contribution in [3.05, 3.63) is 111 Å². The van der Waals surface area contributed by atoms with Crippen LogP contribution in [0.1, 0.15) is 24.1 Å². The third-order valence-corrected chi connectivity index (χ3v) is 6.43. The number of halogens is 5. The normalized spacial score (nSPS) is 12.7. The van der Waals surface area contributed by atoms with E-state index in [9.17, 15) is 18.0 Å². The summed E-state index contributed by atoms with van der Waals surface area (Å²) in [7, 11) is 0. The molecule has 5 rings (SSSR count). The highest BCUT2D eigenvalue weighted by Gasteiger charge is 2.31. The van der Waals surface area contributed by atoms with Crippen LogP contribution in [0.15, 0.2) is 83.8 Å². The molecule has 0 amide bonds. The molecule has 2 aromatic heterocycles. The summed E-state index contributed by atoms with van der Waals surface area (Å²) >= 11 is 12.2. The Labute approximate surface area is 213 Å². The Bertz CT molecular complexity index is 1630. The summed E-state index contributed by atoms with van der Waals surface area (Å²) in [5, 5.41) is 9.97. The molecule has 0 spiro atoms. The summed E-state index contributed by atoms with van der Waals surface area (Å²) in [4.78, 5) is 13.3. The fraction of sp³-hybridized carbons (Fsp3) is 0.115. The molecule has 5 nitrogen and oxygen atoms in total. The molecule has 2 heterocycles. The van der Waals surface area contributed by atoms with Crippen molar-refractivity contribution in [1.82, 2.24) is 19.4 Å². The van der Waals surface area contributed by atoms with Gasteiger partial charge in [0.15, 0.2) is 5.65 Å². The maximum absolute atomic E-state index is 13.3. The SMILES string of the molecule is CC(c1cccc(C(F)(F)F)c1)n1nc2c(-c3ccc(Cl)cc3)c(-c3ccc(Cl)cc3)cnn2c1=O. The van der Waals surface area contributed by atoms with Crippen molar-refractivity contribution < 1.29 is 13.2 Å². The molecule has 5 aromatic rings. The molecule has 10 heteroatoms. The van der Waals surface area contributed by atoms with Gasteiger partial charge in [-0.1, -0.05) is 59.6 Å². The molecular formula is C26H17Cl2F3N4O. The van der Waals surface area contributed by atoms with E-state index in [-0.39, 0.29) is 5.65 Å². The zero-order chi connectivity index (χ0) is 25.6. The number of hydrogen-bond acceptors (Lipinski definition) is 3. The van der Waals surface area contributed by atoms with Gasteiger partial charge in [0.1, 0.15) is 0 Å². The van der Waals surface area contributed by atoms with E-state index in [2.05, 4.69) is 10.2 Å². The van der Waals surface area contributed by atoms with E-state index in [0.717, 1.165) is 32.5 Å². The molecule has 1 unspecified atom stereocenters. The lowest BCUT2D eigenvalue weighted by Gasteiger charge is -2.14. The van der Waals surface area contributed by atoms with E-state index in [1.807, 2.05) is 12.1 Å². The minimum Gasteiger partial charge on any atom is -0.244 e. The maximum Gasteiger partial charge on any atom is 0.416 e. The molecule has 1 atom stereocenters. The lowest BCUT2D eigenvalue weighted by atomic mass is 9.97. The van der Waals surface area contributed by atoms with Crippen molar-refractivity contribution >= 4 is 28.8 Å². The lowest BCUT2D eigenvalue weighted by Crippen LogP contribution is -2.26. The van der Waals surface area contributed by atoms with Crippen LogP contribution in [0, 0.1) is 0 Å². The predicted octanol–water partition coefficient (Wildman–Crippen LogP) is 7.16. The first-order valence-corrected chi connectivity index (χ1v) is 11.6. The van der Waals surface area contributed by atoms with Crippen LogP contribution in [0.4, 0.5) is 13.2 Å². The van der Waals surface area contributed by atoms with Gasteiger partial charge in [-0.05, 0) is 60.0 Å². The fourth-order valence-electron chi connectivity index (χ4n) is 4.05. The molecular weight excluding hydrogens is 512 g/mol. The van der Waals surface area contributed by atoms with Crippen molar-refractivity contribution in [3.63, 3.8) is 0 Å². The number of alkyl halides is 3. The minimum atomic E-state index is -4.50. The fourth-order valence-corrected chi connectivity index (χ4v) is 4.31. The molecule has 0 aliphatic rings. The first-order valence-electron chi connectivity index (χ1n) is 10.8. The Hall–Kier alpha value is -3.62. The lowest BCUT2D eigenvalue weighted by molar-refractivity contribution is -0.137. The number of fused-ring (bicyclic) bond motifs is 1. The summed E-state index contributed by atoms with van der Waals surface area (Å²) < 4.78 is 42.1. The van der Waals surface area contributed by atoms with Crippen molar-refractivity contribution in [3.8, 4) is 22.3 Å². The topological polar surface area (TPSA) is 52.2 Å². The Morgan fingerprint density at radius 3 is 2.11 bits per heavy atom. The highest BCUT2D eigenvalue weighted by molar-refractivity contribution is 6.31. The summed E-state index contributed by atoms with van der Waals surface area (Å²) in [6.45, 7) is 1.62. The van der Waals surface area contributed by atoms with Crippen molar-refractivity contribution in [1.29, 1.82) is 0 Å². The smallest absolute Gasteiger partial charge is 0.244 e. The van der Waals surface area contributed by atoms with Gasteiger partial charge >= 0.3 is 11.9 Å². The molecule has 0 aliphatic heterocycles. The molecule has 0 N–H and O–H groups in total. The highest BCUT2D eigenvalue weighted by Crippen LogP contribution is 2.36. The first kappa shape index (κ1) is 24.1. The van der Waals surface area contributed by atoms with Crippen LogP contribution < -0.4 is 5.69 Å². The summed E-state index contributed by atoms with van der Waals surface area (Å²) in [6.07, 6.45) is -2.95. The van der Waals surface area contributed by atoms with Crippen LogP contribution in [-0.4, -0.2) is 19.4 Å². The molecule has 0 bridgehead atoms. The van der Waals surface area contributed by atoms with Crippen LogP contribution in [-0.2, 0) is 6.18 Å². The van der Waals surface area contributed by atoms with Gasteiger partial charge in [0, 0.05) is 21.2 Å². The standard InChI is InChI=1S/C26H17Cl2F3N4O/c1-15(18-3-2-4-19(13-18)26(29,30)31)34-25(36)35-24(33-34)23(17-7-11-21(28)12-8-17)22(14-32-35)16-5-9-20(27)10-6-16/h2-15H,1H3. The van der Waals surface area contributed by atoms with E-state index in [1.165, 1.54) is 12.1 Å². The van der Waals surface area contributed by atoms with E-state index >= 15 is 0 Å². The van der Waals surface area contributed by atoms with Crippen LogP contribution in [0.25, 0.3) is 27.9 Å². The van der Waals surface area contributed by atoms with Crippen LogP contribution in [0.5, 0.6) is 0 Å². The van der Waals surface area contributed by atoms with Crippen LogP contribution >= 0.6 is 23.2 Å². The van der Waals surface area contributed by atoms with Crippen molar-refractivity contribution in [2.24, 2.45) is 0 Å². The van der Waals surface area contributed by atoms with Gasteiger partial charge in [0.25, 0.3) is 0 Å². The second-order valence-corrected chi connectivity index (χ2v) is 9.08. The number of hydrogen-bond donors (Lipinski definition) is 0. The van der Waals surface area contributed by atoms with Gasteiger partial charge in [-0.15, -0.1) is 5.10 Å². The summed E-state index contributed by atoms with van der Waals surface area (Å²) in [5.41, 5.74) is 2.03. The average Bonchev–Trinajstić information content (AvgIpc) is 3.20. The Balaban J connectivity index is 1.73. The minimum absolute atomic E-state index is 0.258. The van der Waals surface area contributed by atoms with Crippen molar-refractivity contribution in [2.75, 3.05) is 0 Å².